The third-order valence-electron chi connectivity index (χ3n) is 4.88. The van der Waals surface area contributed by atoms with Crippen LogP contribution in [0.5, 0.6) is 0 Å². The van der Waals surface area contributed by atoms with Crippen LogP contribution in [0.3, 0.4) is 0 Å². The molecular weight excluding hydrogens is 292 g/mol. The molecule has 1 aromatic heterocycles. The molecule has 0 saturated carbocycles. The molecule has 0 atom stereocenters. The zero-order chi connectivity index (χ0) is 16.4. The Bertz CT molecular complexity index is 538. The lowest BCUT2D eigenvalue weighted by atomic mass is 10.2. The van der Waals surface area contributed by atoms with Gasteiger partial charge in [0.15, 0.2) is 8.32 Å². The lowest BCUT2D eigenvalue weighted by molar-refractivity contribution is 0.0773. The van der Waals surface area contributed by atoms with Crippen molar-refractivity contribution in [1.82, 2.24) is 9.88 Å². The molecule has 1 aromatic rings. The molecule has 0 fully saturated rings. The monoisotopic (exact) mass is 320 g/mol. The summed E-state index contributed by atoms with van der Waals surface area (Å²) >= 11 is 0. The van der Waals surface area contributed by atoms with Gasteiger partial charge in [0.25, 0.3) is 5.91 Å². The Morgan fingerprint density at radius 3 is 2.68 bits per heavy atom. The standard InChI is InChI=1S/C17H28N2O2Si/c1-17(2,3)22(4,5)21-11-7-6-10-19-13-14-8-9-18-12-15(14)16(19)20/h8-9,12H,6-7,10-11,13H2,1-5H3. The maximum Gasteiger partial charge on any atom is 0.256 e. The highest BCUT2D eigenvalue weighted by Crippen LogP contribution is 2.36. The number of hydrogen-bond acceptors (Lipinski definition) is 3. The molecule has 1 aliphatic heterocycles. The molecule has 5 heteroatoms. The van der Waals surface area contributed by atoms with Crippen LogP contribution in [-0.2, 0) is 11.0 Å². The van der Waals surface area contributed by atoms with Crippen LogP contribution in [0.25, 0.3) is 0 Å². The average Bonchev–Trinajstić information content (AvgIpc) is 2.74. The first kappa shape index (κ1) is 17.2. The van der Waals surface area contributed by atoms with E-state index in [1.807, 2.05) is 11.0 Å². The third kappa shape index (κ3) is 3.76. The van der Waals surface area contributed by atoms with E-state index in [2.05, 4.69) is 38.8 Å². The van der Waals surface area contributed by atoms with Gasteiger partial charge < -0.3 is 9.33 Å². The molecule has 0 saturated heterocycles. The summed E-state index contributed by atoms with van der Waals surface area (Å²) in [6.45, 7) is 13.6. The molecule has 4 nitrogen and oxygen atoms in total. The molecular formula is C17H28N2O2Si. The highest BCUT2D eigenvalue weighted by molar-refractivity contribution is 6.74. The number of nitrogens with zero attached hydrogens (tertiary/aromatic N) is 2. The molecule has 0 bridgehead atoms. The van der Waals surface area contributed by atoms with Crippen molar-refractivity contribution >= 4 is 14.2 Å². The molecule has 2 rings (SSSR count). The van der Waals surface area contributed by atoms with E-state index in [0.29, 0.717) is 0 Å². The lowest BCUT2D eigenvalue weighted by Gasteiger charge is -2.36. The molecule has 22 heavy (non-hydrogen) atoms. The van der Waals surface area contributed by atoms with E-state index in [0.717, 1.165) is 43.7 Å². The summed E-state index contributed by atoms with van der Waals surface area (Å²) in [7, 11) is -1.64. The van der Waals surface area contributed by atoms with Gasteiger partial charge in [0.2, 0.25) is 0 Å². The quantitative estimate of drug-likeness (QED) is 0.591. The molecule has 1 aliphatic rings. The Morgan fingerprint density at radius 2 is 2.05 bits per heavy atom. The van der Waals surface area contributed by atoms with Gasteiger partial charge in [-0.25, -0.2) is 0 Å². The topological polar surface area (TPSA) is 42.4 Å². The summed E-state index contributed by atoms with van der Waals surface area (Å²) < 4.78 is 6.17. The van der Waals surface area contributed by atoms with Crippen LogP contribution in [0.15, 0.2) is 18.5 Å². The van der Waals surface area contributed by atoms with E-state index in [1.54, 1.807) is 12.4 Å². The Balaban J connectivity index is 1.72. The summed E-state index contributed by atoms with van der Waals surface area (Å²) in [5.74, 6) is 0.119. The zero-order valence-corrected chi connectivity index (χ0v) is 15.5. The predicted molar refractivity (Wildman–Crippen MR) is 91.4 cm³/mol. The second-order valence-electron chi connectivity index (χ2n) is 7.58. The number of pyridine rings is 1. The molecule has 1 amide bonds. The second-order valence-corrected chi connectivity index (χ2v) is 12.4. The van der Waals surface area contributed by atoms with Gasteiger partial charge in [-0.1, -0.05) is 20.8 Å². The first-order chi connectivity index (χ1) is 10.2. The van der Waals surface area contributed by atoms with Crippen molar-refractivity contribution in [2.45, 2.75) is 58.3 Å². The van der Waals surface area contributed by atoms with Gasteiger partial charge in [-0.3, -0.25) is 9.78 Å². The number of fused-ring (bicyclic) bond motifs is 1. The minimum Gasteiger partial charge on any atom is -0.417 e. The number of carbonyl (C=O) groups is 1. The maximum atomic E-state index is 12.2. The minimum absolute atomic E-state index is 0.119. The van der Waals surface area contributed by atoms with Crippen LogP contribution in [0, 0.1) is 0 Å². The van der Waals surface area contributed by atoms with E-state index < -0.39 is 8.32 Å². The van der Waals surface area contributed by atoms with Crippen molar-refractivity contribution in [3.63, 3.8) is 0 Å². The van der Waals surface area contributed by atoms with E-state index in [-0.39, 0.29) is 10.9 Å². The van der Waals surface area contributed by atoms with Crippen LogP contribution in [0.4, 0.5) is 0 Å². The average molecular weight is 321 g/mol. The van der Waals surface area contributed by atoms with Crippen molar-refractivity contribution in [1.29, 1.82) is 0 Å². The van der Waals surface area contributed by atoms with E-state index >= 15 is 0 Å². The Labute approximate surface area is 135 Å². The second kappa shape index (κ2) is 6.50. The van der Waals surface area contributed by atoms with Gasteiger partial charge >= 0.3 is 0 Å². The summed E-state index contributed by atoms with van der Waals surface area (Å²) in [5.41, 5.74) is 1.86. The van der Waals surface area contributed by atoms with Gasteiger partial charge in [-0.15, -0.1) is 0 Å². The van der Waals surface area contributed by atoms with Gasteiger partial charge in [-0.05, 0) is 42.6 Å². The van der Waals surface area contributed by atoms with Crippen molar-refractivity contribution in [2.24, 2.45) is 0 Å². The Morgan fingerprint density at radius 1 is 1.32 bits per heavy atom. The fraction of sp³-hybridized carbons (Fsp3) is 0.647. The SMILES string of the molecule is CC(C)(C)[Si](C)(C)OCCCCN1Cc2ccncc2C1=O. The van der Waals surface area contributed by atoms with Crippen LogP contribution in [0.2, 0.25) is 18.1 Å². The summed E-state index contributed by atoms with van der Waals surface area (Å²) in [6.07, 6.45) is 5.42. The van der Waals surface area contributed by atoms with Gasteiger partial charge in [0.1, 0.15) is 0 Å². The zero-order valence-electron chi connectivity index (χ0n) is 14.5. The Kier molecular flexibility index (Phi) is 5.07. The smallest absolute Gasteiger partial charge is 0.256 e. The van der Waals surface area contributed by atoms with Gasteiger partial charge in [0, 0.05) is 32.1 Å². The van der Waals surface area contributed by atoms with Gasteiger partial charge in [0.05, 0.1) is 5.56 Å². The first-order valence-electron chi connectivity index (χ1n) is 8.08. The summed E-state index contributed by atoms with van der Waals surface area (Å²) in [5, 5.41) is 0.257. The van der Waals surface area contributed by atoms with Crippen LogP contribution in [-0.4, -0.2) is 37.3 Å². The molecule has 0 spiro atoms. The van der Waals surface area contributed by atoms with E-state index in [1.165, 1.54) is 0 Å². The third-order valence-corrected chi connectivity index (χ3v) is 9.42. The van der Waals surface area contributed by atoms with Crippen molar-refractivity contribution in [2.75, 3.05) is 13.2 Å². The molecule has 0 radical (unpaired) electrons. The number of hydrogen-bond donors (Lipinski definition) is 0. The molecule has 0 aromatic carbocycles. The minimum atomic E-state index is -1.64. The number of aromatic nitrogens is 1. The fourth-order valence-corrected chi connectivity index (χ4v) is 3.42. The number of amides is 1. The first-order valence-corrected chi connectivity index (χ1v) is 11.0. The normalized spacial score (nSPS) is 15.3. The summed E-state index contributed by atoms with van der Waals surface area (Å²) in [6, 6.07) is 1.94. The highest BCUT2D eigenvalue weighted by atomic mass is 28.4. The lowest BCUT2D eigenvalue weighted by Crippen LogP contribution is -2.41. The van der Waals surface area contributed by atoms with Crippen molar-refractivity contribution in [3.05, 3.63) is 29.6 Å². The van der Waals surface area contributed by atoms with Crippen LogP contribution >= 0.6 is 0 Å². The van der Waals surface area contributed by atoms with E-state index in [9.17, 15) is 4.79 Å². The molecule has 0 unspecified atom stereocenters. The van der Waals surface area contributed by atoms with E-state index in [4.69, 9.17) is 4.43 Å². The van der Waals surface area contributed by atoms with Crippen LogP contribution < -0.4 is 0 Å². The number of carbonyl (C=O) groups excluding carboxylic acids is 1. The maximum absolute atomic E-state index is 12.2. The number of rotatable bonds is 6. The number of unbranched alkanes of at least 4 members (excludes halogenated alkanes) is 1. The van der Waals surface area contributed by atoms with Crippen LogP contribution in [0.1, 0.15) is 49.5 Å². The predicted octanol–water partition coefficient (Wildman–Crippen LogP) is 3.84. The molecule has 0 N–H and O–H groups in total. The van der Waals surface area contributed by atoms with Gasteiger partial charge in [-0.2, -0.15) is 0 Å². The summed E-state index contributed by atoms with van der Waals surface area (Å²) in [4.78, 5) is 18.2. The molecule has 2 heterocycles. The van der Waals surface area contributed by atoms with Crippen molar-refractivity contribution < 1.29 is 9.22 Å². The molecule has 122 valence electrons. The van der Waals surface area contributed by atoms with Crippen molar-refractivity contribution in [3.8, 4) is 0 Å². The highest BCUT2D eigenvalue weighted by Gasteiger charge is 2.36. The fourth-order valence-electron chi connectivity index (χ4n) is 2.33. The largest absolute Gasteiger partial charge is 0.417 e. The molecule has 0 aliphatic carbocycles. The Hall–Kier alpha value is -1.20.